The van der Waals surface area contributed by atoms with Gasteiger partial charge in [0.15, 0.2) is 0 Å². The zero-order chi connectivity index (χ0) is 10.2. The fourth-order valence-corrected chi connectivity index (χ4v) is 3.71. The summed E-state index contributed by atoms with van der Waals surface area (Å²) in [5.74, 6) is 0. The van der Waals surface area contributed by atoms with Gasteiger partial charge in [-0.2, -0.15) is 0 Å². The van der Waals surface area contributed by atoms with Gasteiger partial charge in [0.05, 0.1) is 7.14 Å². The highest BCUT2D eigenvalue weighted by molar-refractivity contribution is 7.63. The molecule has 0 amide bonds. The van der Waals surface area contributed by atoms with Gasteiger partial charge in [-0.3, -0.25) is 0 Å². The molecule has 1 atom stereocenters. The van der Waals surface area contributed by atoms with E-state index >= 15 is 0 Å². The second-order valence-electron chi connectivity index (χ2n) is 4.52. The highest BCUT2D eigenvalue weighted by atomic mass is 31.2. The third-order valence-electron chi connectivity index (χ3n) is 3.07. The smallest absolute Gasteiger partial charge is 0.0854 e. The van der Waals surface area contributed by atoms with Crippen molar-refractivity contribution in [1.82, 2.24) is 0 Å². The molecule has 0 fully saturated rings. The molecule has 0 spiro atoms. The van der Waals surface area contributed by atoms with Crippen LogP contribution in [0, 0.1) is 6.92 Å². The number of hydrogen-bond donors (Lipinski definition) is 0. The van der Waals surface area contributed by atoms with E-state index in [1.807, 2.05) is 6.66 Å². The minimum Gasteiger partial charge on any atom is -0.324 e. The van der Waals surface area contributed by atoms with Gasteiger partial charge in [-0.25, -0.2) is 0 Å². The quantitative estimate of drug-likeness (QED) is 0.599. The zero-order valence-corrected chi connectivity index (χ0v) is 9.81. The predicted molar refractivity (Wildman–Crippen MR) is 61.9 cm³/mol. The molecule has 1 nitrogen and oxygen atoms in total. The summed E-state index contributed by atoms with van der Waals surface area (Å²) in [6, 6.07) is 6.61. The van der Waals surface area contributed by atoms with Gasteiger partial charge in [-0.05, 0) is 37.6 Å². The molecule has 0 saturated heterocycles. The van der Waals surface area contributed by atoms with Crippen LogP contribution in [0.5, 0.6) is 0 Å². The minimum absolute atomic E-state index is 0.892. The van der Waals surface area contributed by atoms with Crippen molar-refractivity contribution in [2.45, 2.75) is 19.8 Å². The van der Waals surface area contributed by atoms with E-state index in [0.29, 0.717) is 0 Å². The number of benzene rings is 1. The Labute approximate surface area is 85.9 Å². The fraction of sp³-hybridized carbons (Fsp3) is 0.500. The summed E-state index contributed by atoms with van der Waals surface area (Å²) in [6.45, 7) is 4.07. The molecular weight excluding hydrogens is 191 g/mol. The molecule has 0 bridgehead atoms. The molecule has 0 radical (unpaired) electrons. The van der Waals surface area contributed by atoms with Crippen molar-refractivity contribution >= 4 is 7.14 Å². The Morgan fingerprint density at radius 3 is 2.50 bits per heavy atom. The van der Waals surface area contributed by atoms with Crippen LogP contribution in [0.3, 0.4) is 0 Å². The molecule has 1 aliphatic heterocycles. The van der Waals surface area contributed by atoms with Crippen LogP contribution in [0.4, 0.5) is 0 Å². The van der Waals surface area contributed by atoms with Crippen molar-refractivity contribution in [3.63, 3.8) is 0 Å². The van der Waals surface area contributed by atoms with E-state index in [1.165, 1.54) is 16.7 Å². The number of hydrogen-bond acceptors (Lipinski definition) is 1. The summed E-state index contributed by atoms with van der Waals surface area (Å²) < 4.78 is 12.0. The second kappa shape index (κ2) is 3.55. The molecule has 2 rings (SSSR count). The van der Waals surface area contributed by atoms with E-state index in [-0.39, 0.29) is 0 Å². The Balaban J connectivity index is 2.34. The lowest BCUT2D eigenvalue weighted by Crippen LogP contribution is -1.93. The second-order valence-corrected chi connectivity index (χ2v) is 8.00. The molecule has 2 heteroatoms. The molecule has 1 heterocycles. The van der Waals surface area contributed by atoms with E-state index in [4.69, 9.17) is 0 Å². The summed E-state index contributed by atoms with van der Waals surface area (Å²) in [7, 11) is -1.83. The van der Waals surface area contributed by atoms with Gasteiger partial charge in [0.25, 0.3) is 0 Å². The lowest BCUT2D eigenvalue weighted by atomic mass is 10.0. The minimum atomic E-state index is -1.83. The van der Waals surface area contributed by atoms with Crippen molar-refractivity contribution < 1.29 is 4.57 Å². The summed E-state index contributed by atoms with van der Waals surface area (Å²) in [5, 5.41) is 0. The van der Waals surface area contributed by atoms with E-state index in [9.17, 15) is 4.57 Å². The van der Waals surface area contributed by atoms with Crippen molar-refractivity contribution in [3.8, 4) is 0 Å². The molecule has 0 N–H and O–H groups in total. The van der Waals surface area contributed by atoms with Crippen LogP contribution in [0.25, 0.3) is 0 Å². The first-order valence-electron chi connectivity index (χ1n) is 5.21. The van der Waals surface area contributed by atoms with Crippen molar-refractivity contribution in [2.24, 2.45) is 0 Å². The lowest BCUT2D eigenvalue weighted by molar-refractivity contribution is 0.578. The SMILES string of the molecule is Cc1ccc2c(c1)CCP(C)(=O)CC2. The molecule has 14 heavy (non-hydrogen) atoms. The molecular formula is C12H17OP. The van der Waals surface area contributed by atoms with Crippen LogP contribution in [-0.2, 0) is 17.4 Å². The molecule has 1 aromatic carbocycles. The topological polar surface area (TPSA) is 17.1 Å². The Bertz CT molecular complexity index is 395. The molecule has 76 valence electrons. The monoisotopic (exact) mass is 208 g/mol. The largest absolute Gasteiger partial charge is 0.324 e. The van der Waals surface area contributed by atoms with Gasteiger partial charge in [-0.15, -0.1) is 0 Å². The summed E-state index contributed by atoms with van der Waals surface area (Å²) in [4.78, 5) is 0. The molecule has 1 unspecified atom stereocenters. The Morgan fingerprint density at radius 1 is 1.14 bits per heavy atom. The van der Waals surface area contributed by atoms with Gasteiger partial charge in [-0.1, -0.05) is 23.8 Å². The molecule has 1 aromatic rings. The summed E-state index contributed by atoms with van der Waals surface area (Å²) in [5.41, 5.74) is 4.15. The zero-order valence-electron chi connectivity index (χ0n) is 8.92. The van der Waals surface area contributed by atoms with Crippen LogP contribution >= 0.6 is 7.14 Å². The van der Waals surface area contributed by atoms with E-state index in [1.54, 1.807) is 0 Å². The average Bonchev–Trinajstić information content (AvgIpc) is 2.26. The van der Waals surface area contributed by atoms with Gasteiger partial charge in [0.2, 0.25) is 0 Å². The molecule has 0 aromatic heterocycles. The normalized spacial score (nSPS) is 26.7. The van der Waals surface area contributed by atoms with Crippen LogP contribution in [0.2, 0.25) is 0 Å². The van der Waals surface area contributed by atoms with Crippen molar-refractivity contribution in [3.05, 3.63) is 34.9 Å². The fourth-order valence-electron chi connectivity index (χ4n) is 2.06. The first-order chi connectivity index (χ1) is 6.57. The van der Waals surface area contributed by atoms with E-state index in [0.717, 1.165) is 25.2 Å². The maximum atomic E-state index is 12.0. The predicted octanol–water partition coefficient (Wildman–Crippen LogP) is 3.09. The third-order valence-corrected chi connectivity index (χ3v) is 5.41. The summed E-state index contributed by atoms with van der Waals surface area (Å²) >= 11 is 0. The van der Waals surface area contributed by atoms with E-state index in [2.05, 4.69) is 25.1 Å². The Morgan fingerprint density at radius 2 is 1.79 bits per heavy atom. The molecule has 1 aliphatic rings. The van der Waals surface area contributed by atoms with Gasteiger partial charge >= 0.3 is 0 Å². The first-order valence-corrected chi connectivity index (χ1v) is 7.73. The number of rotatable bonds is 0. The highest BCUT2D eigenvalue weighted by Gasteiger charge is 2.20. The maximum Gasteiger partial charge on any atom is 0.0854 e. The first kappa shape index (κ1) is 9.98. The van der Waals surface area contributed by atoms with Gasteiger partial charge in [0.1, 0.15) is 0 Å². The van der Waals surface area contributed by atoms with Crippen LogP contribution in [0.15, 0.2) is 18.2 Å². The maximum absolute atomic E-state index is 12.0. The van der Waals surface area contributed by atoms with Crippen molar-refractivity contribution in [2.75, 3.05) is 19.0 Å². The molecule has 0 saturated carbocycles. The summed E-state index contributed by atoms with van der Waals surface area (Å²) in [6.07, 6.45) is 3.79. The average molecular weight is 208 g/mol. The van der Waals surface area contributed by atoms with E-state index < -0.39 is 7.14 Å². The molecule has 0 aliphatic carbocycles. The third kappa shape index (κ3) is 2.09. The van der Waals surface area contributed by atoms with Crippen molar-refractivity contribution in [1.29, 1.82) is 0 Å². The van der Waals surface area contributed by atoms with Crippen LogP contribution < -0.4 is 0 Å². The number of aryl methyl sites for hydroxylation is 3. The standard InChI is InChI=1S/C12H17OP/c1-10-3-4-11-5-7-14(2,13)8-6-12(11)9-10/h3-4,9H,5-8H2,1-2H3. The van der Waals surface area contributed by atoms with Gasteiger partial charge < -0.3 is 4.57 Å². The Hall–Kier alpha value is -0.550. The van der Waals surface area contributed by atoms with Crippen LogP contribution in [0.1, 0.15) is 16.7 Å². The number of fused-ring (bicyclic) bond motifs is 1. The Kier molecular flexibility index (Phi) is 2.53. The highest BCUT2D eigenvalue weighted by Crippen LogP contribution is 2.44. The lowest BCUT2D eigenvalue weighted by Gasteiger charge is -2.06. The van der Waals surface area contributed by atoms with Gasteiger partial charge in [0, 0.05) is 12.3 Å². The van der Waals surface area contributed by atoms with Crippen LogP contribution in [-0.4, -0.2) is 19.0 Å².